The minimum atomic E-state index is -0.290. The van der Waals surface area contributed by atoms with Gasteiger partial charge in [-0.25, -0.2) is 0 Å². The first kappa shape index (κ1) is 80.1. The predicted molar refractivity (Wildman–Crippen MR) is 505 cm³/mol. The number of hydrogen-bond acceptors (Lipinski definition) is 6. The fourth-order valence-electron chi connectivity index (χ4n) is 12.2. The van der Waals surface area contributed by atoms with Crippen LogP contribution in [0.1, 0.15) is 57.8 Å². The van der Waals surface area contributed by atoms with Gasteiger partial charge in [0.1, 0.15) is 17.2 Å². The van der Waals surface area contributed by atoms with E-state index >= 15 is 0 Å². The van der Waals surface area contributed by atoms with Gasteiger partial charge < -0.3 is 28.4 Å². The van der Waals surface area contributed by atoms with Gasteiger partial charge in [0.05, 0.1) is 54.1 Å². The van der Waals surface area contributed by atoms with Gasteiger partial charge >= 0.3 is 0 Å². The highest BCUT2D eigenvalue weighted by Gasteiger charge is 2.38. The molecule has 3 unspecified atom stereocenters. The number of hydrogen-bond donors (Lipinski definition) is 0. The summed E-state index contributed by atoms with van der Waals surface area (Å²) in [5.41, 5.74) is 0. The summed E-state index contributed by atoms with van der Waals surface area (Å²) in [7, 11) is -0.493. The molecule has 3 saturated carbocycles. The number of halogens is 9. The largest absolute Gasteiger partial charge is 0.455 e. The molecule has 12 aromatic rings. The van der Waals surface area contributed by atoms with Gasteiger partial charge in [-0.2, -0.15) is 0 Å². The standard InChI is InChI=1S/C30H26I3O2S.C29H24I3O2S.C28H22I3O2S/c31-22-19-27(32)29(28(33)20-22)35-30(21-9-7-8-10-21)34-23-15-17-26(18-16-23)36(24-11-3-1-4-12-24)25-13-5-2-6-14-25;30-21-18-26(31)28(27(32)19-21)34-29(20-8-7-9-20)33-22-14-16-25(17-15-22)35(23-10-3-1-4-11-23)24-12-5-2-6-13-24;29-20-17-25(30)27(26(31)18-20)33-28(19-11-12-19)32-21-13-15-24(16-14-21)34(22-7-3-1-4-8-22)23-9-5-2-6-10-23/h1-6,11-21,30H,7-10H2;1-6,10-20,29H,7-9H2;1-10,13-19,28H,11-12H2/q3*+1. The maximum atomic E-state index is 6.60. The lowest BCUT2D eigenvalue weighted by Gasteiger charge is -2.34. The SMILES string of the molecule is Ic1cc(I)c(OC(Oc2ccc([S+](c3ccccc3)c3ccccc3)cc2)C2CC2)c(I)c1.Ic1cc(I)c(OC(Oc2ccc([S+](c3ccccc3)c3ccccc3)cc2)C2CCC2)c(I)c1.Ic1cc(I)c(OC(Oc2ccc([S+](c3ccccc3)c3ccccc3)cc2)C2CCCC2)c(I)c1. The Kier molecular flexibility index (Phi) is 30.5. The summed E-state index contributed by atoms with van der Waals surface area (Å²) in [6, 6.07) is 103. The van der Waals surface area contributed by atoms with Gasteiger partial charge in [-0.3, -0.25) is 0 Å². The van der Waals surface area contributed by atoms with E-state index in [4.69, 9.17) is 28.4 Å². The summed E-state index contributed by atoms with van der Waals surface area (Å²) < 4.78 is 49.4. The van der Waals surface area contributed by atoms with E-state index in [1.54, 1.807) is 0 Å². The van der Waals surface area contributed by atoms with Crippen LogP contribution in [0, 0.1) is 49.9 Å². The Morgan fingerprint density at radius 2 is 0.410 bits per heavy atom. The van der Waals surface area contributed by atoms with Crippen LogP contribution >= 0.6 is 203 Å². The van der Waals surface area contributed by atoms with Crippen molar-refractivity contribution in [3.63, 3.8) is 0 Å². The zero-order valence-electron chi connectivity index (χ0n) is 56.6. The zero-order chi connectivity index (χ0) is 72.6. The predicted octanol–water partition coefficient (Wildman–Crippen LogP) is 27.5. The van der Waals surface area contributed by atoms with Crippen molar-refractivity contribution < 1.29 is 28.4 Å². The van der Waals surface area contributed by atoms with E-state index in [0.29, 0.717) is 17.8 Å². The van der Waals surface area contributed by atoms with Crippen molar-refractivity contribution in [1.29, 1.82) is 0 Å². The van der Waals surface area contributed by atoms with Crippen LogP contribution in [0.3, 0.4) is 0 Å². The highest BCUT2D eigenvalue weighted by atomic mass is 127. The van der Waals surface area contributed by atoms with Gasteiger partial charge in [-0.1, -0.05) is 128 Å². The maximum absolute atomic E-state index is 6.60. The monoisotopic (exact) mass is 2450 g/mol. The molecule has 0 N–H and O–H groups in total. The summed E-state index contributed by atoms with van der Waals surface area (Å²) in [6.07, 6.45) is 9.75. The molecule has 105 heavy (non-hydrogen) atoms. The van der Waals surface area contributed by atoms with Crippen molar-refractivity contribution in [2.24, 2.45) is 17.8 Å². The normalized spacial score (nSPS) is 14.4. The first-order valence-electron chi connectivity index (χ1n) is 34.5. The van der Waals surface area contributed by atoms with Crippen molar-refractivity contribution in [2.75, 3.05) is 0 Å². The van der Waals surface area contributed by atoms with Gasteiger partial charge in [0.25, 0.3) is 0 Å². The molecule has 0 aromatic heterocycles. The average molecular weight is 2450 g/mol. The molecule has 15 rings (SSSR count). The van der Waals surface area contributed by atoms with E-state index in [1.165, 1.54) is 74.0 Å². The fourth-order valence-corrected chi connectivity index (χ4v) is 29.9. The third-order valence-corrected chi connectivity index (χ3v) is 31.1. The molecule has 3 atom stereocenters. The molecule has 12 aromatic carbocycles. The van der Waals surface area contributed by atoms with Crippen LogP contribution < -0.4 is 28.4 Å². The molecule has 6 nitrogen and oxygen atoms in total. The molecule has 3 aliphatic rings. The molecular weight excluding hydrogens is 2380 g/mol. The van der Waals surface area contributed by atoms with E-state index in [1.807, 2.05) is 0 Å². The lowest BCUT2D eigenvalue weighted by atomic mass is 9.85. The lowest BCUT2D eigenvalue weighted by Crippen LogP contribution is -2.37. The Labute approximate surface area is 749 Å². The summed E-state index contributed by atoms with van der Waals surface area (Å²) in [5.74, 6) is 6.60. The highest BCUT2D eigenvalue weighted by molar-refractivity contribution is 14.1. The molecule has 0 heterocycles. The molecule has 0 aliphatic heterocycles. The van der Waals surface area contributed by atoms with Crippen molar-refractivity contribution in [2.45, 2.75) is 121 Å². The molecule has 3 aliphatic carbocycles. The fraction of sp³-hybridized carbons (Fsp3) is 0.172. The number of benzene rings is 12. The summed E-state index contributed by atoms with van der Waals surface area (Å²) in [4.78, 5) is 11.7. The third-order valence-electron chi connectivity index (χ3n) is 17.7. The first-order valence-corrected chi connectivity index (χ1v) is 47.9. The second-order valence-electron chi connectivity index (χ2n) is 25.2. The van der Waals surface area contributed by atoms with Crippen LogP contribution in [0.15, 0.2) is 335 Å². The van der Waals surface area contributed by atoms with E-state index in [0.717, 1.165) is 94.4 Å². The second kappa shape index (κ2) is 40.0. The van der Waals surface area contributed by atoms with Crippen molar-refractivity contribution in [3.05, 3.63) is 323 Å². The van der Waals surface area contributed by atoms with Crippen LogP contribution in [0.2, 0.25) is 0 Å². The molecule has 0 radical (unpaired) electrons. The quantitative estimate of drug-likeness (QED) is 0.0341. The van der Waals surface area contributed by atoms with Crippen LogP contribution in [0.25, 0.3) is 0 Å². The van der Waals surface area contributed by atoms with Crippen molar-refractivity contribution in [1.82, 2.24) is 0 Å². The molecule has 534 valence electrons. The topological polar surface area (TPSA) is 55.4 Å². The molecule has 0 saturated heterocycles. The highest BCUT2D eigenvalue weighted by Crippen LogP contribution is 2.43. The minimum Gasteiger partial charge on any atom is -0.455 e. The molecule has 18 heteroatoms. The van der Waals surface area contributed by atoms with E-state index in [9.17, 15) is 0 Å². The van der Waals surface area contributed by atoms with Crippen LogP contribution in [-0.4, -0.2) is 18.9 Å². The average Bonchev–Trinajstić information content (AvgIpc) is 1.81. The van der Waals surface area contributed by atoms with E-state index in [-0.39, 0.29) is 51.6 Å². The second-order valence-corrected chi connectivity index (χ2v) is 42.0. The summed E-state index contributed by atoms with van der Waals surface area (Å²) >= 11 is 21.2. The molecular formula is C87H72I9O6S3+3. The Morgan fingerprint density at radius 1 is 0.219 bits per heavy atom. The number of rotatable bonds is 24. The van der Waals surface area contributed by atoms with Gasteiger partial charge in [0.2, 0.25) is 18.9 Å². The van der Waals surface area contributed by atoms with Gasteiger partial charge in [-0.05, 0) is 424 Å². The summed E-state index contributed by atoms with van der Waals surface area (Å²) in [6.45, 7) is 0. The Balaban J connectivity index is 0.000000140. The molecule has 0 bridgehead atoms. The van der Waals surface area contributed by atoms with E-state index in [2.05, 4.69) is 495 Å². The zero-order valence-corrected chi connectivity index (χ0v) is 78.5. The van der Waals surface area contributed by atoms with Crippen LogP contribution in [0.4, 0.5) is 0 Å². The lowest BCUT2D eigenvalue weighted by molar-refractivity contribution is -0.0668. The minimum absolute atomic E-state index is 0.161. The van der Waals surface area contributed by atoms with Crippen LogP contribution in [-0.2, 0) is 32.7 Å². The Bertz CT molecular complexity index is 4560. The van der Waals surface area contributed by atoms with Crippen LogP contribution in [0.5, 0.6) is 34.5 Å². The Morgan fingerprint density at radius 3 is 0.600 bits per heavy atom. The molecule has 3 fully saturated rings. The van der Waals surface area contributed by atoms with E-state index < -0.39 is 0 Å². The van der Waals surface area contributed by atoms with Gasteiger partial charge in [0, 0.05) is 28.5 Å². The number of ether oxygens (including phenoxy) is 6. The van der Waals surface area contributed by atoms with Gasteiger partial charge in [-0.15, -0.1) is 0 Å². The maximum Gasteiger partial charge on any atom is 0.244 e. The molecule has 0 amide bonds. The first-order chi connectivity index (χ1) is 51.2. The van der Waals surface area contributed by atoms with Crippen molar-refractivity contribution in [3.8, 4) is 34.5 Å². The Hall–Kier alpha value is -2.94. The molecule has 0 spiro atoms. The summed E-state index contributed by atoms with van der Waals surface area (Å²) in [5, 5.41) is 0. The van der Waals surface area contributed by atoms with Crippen molar-refractivity contribution >= 4 is 236 Å². The van der Waals surface area contributed by atoms with Gasteiger partial charge in [0.15, 0.2) is 61.3 Å². The third kappa shape index (κ3) is 22.3. The smallest absolute Gasteiger partial charge is 0.244 e.